The Balaban J connectivity index is 1.75. The quantitative estimate of drug-likeness (QED) is 0.795. The van der Waals surface area contributed by atoms with Crippen molar-refractivity contribution in [2.24, 2.45) is 0 Å². The number of benzene rings is 1. The third-order valence-corrected chi connectivity index (χ3v) is 4.73. The number of rotatable bonds is 3. The fourth-order valence-corrected chi connectivity index (χ4v) is 3.49. The highest BCUT2D eigenvalue weighted by atomic mass is 35.5. The Hall–Kier alpha value is -2.11. The number of imidazole rings is 1. The smallest absolute Gasteiger partial charge is 0.162 e. The number of pyridine rings is 1. The van der Waals surface area contributed by atoms with Gasteiger partial charge in [-0.15, -0.1) is 0 Å². The van der Waals surface area contributed by atoms with Gasteiger partial charge in [0.1, 0.15) is 11.3 Å². The minimum absolute atomic E-state index is 0.723. The van der Waals surface area contributed by atoms with Crippen molar-refractivity contribution in [2.75, 3.05) is 31.1 Å². The Bertz CT molecular complexity index is 867. The molecule has 4 rings (SSSR count). The highest BCUT2D eigenvalue weighted by Crippen LogP contribution is 2.26. The summed E-state index contributed by atoms with van der Waals surface area (Å²) in [5, 5.41) is 4.15. The van der Waals surface area contributed by atoms with Crippen LogP contribution < -0.4 is 10.2 Å². The van der Waals surface area contributed by atoms with Gasteiger partial charge >= 0.3 is 0 Å². The van der Waals surface area contributed by atoms with Crippen LogP contribution in [0.15, 0.2) is 36.5 Å². The Kier molecular flexibility index (Phi) is 4.12. The summed E-state index contributed by atoms with van der Waals surface area (Å²) >= 11 is 6.12. The van der Waals surface area contributed by atoms with E-state index in [4.69, 9.17) is 16.6 Å². The van der Waals surface area contributed by atoms with E-state index in [0.29, 0.717) is 0 Å². The average Bonchev–Trinajstić information content (AvgIpc) is 2.91. The van der Waals surface area contributed by atoms with Gasteiger partial charge in [-0.1, -0.05) is 23.7 Å². The first-order valence-electron chi connectivity index (χ1n) is 8.24. The molecule has 24 heavy (non-hydrogen) atoms. The lowest BCUT2D eigenvalue weighted by molar-refractivity contribution is 0.590. The van der Waals surface area contributed by atoms with E-state index in [1.807, 2.05) is 31.3 Å². The molecule has 0 unspecified atom stereocenters. The molecular formula is C18H20ClN5. The SMILES string of the molecule is Cc1nc2c(N3CCNCC3)ccnc2n1Cc1cccc(Cl)c1. The Morgan fingerprint density at radius 2 is 2.04 bits per heavy atom. The molecule has 3 aromatic rings. The fourth-order valence-electron chi connectivity index (χ4n) is 3.28. The van der Waals surface area contributed by atoms with Crippen molar-refractivity contribution in [3.05, 3.63) is 52.9 Å². The number of nitrogens with one attached hydrogen (secondary N) is 1. The van der Waals surface area contributed by atoms with Crippen LogP contribution in [0.4, 0.5) is 5.69 Å². The molecule has 1 aliphatic rings. The molecule has 0 saturated carbocycles. The molecule has 1 aromatic carbocycles. The minimum atomic E-state index is 0.723. The highest BCUT2D eigenvalue weighted by molar-refractivity contribution is 6.30. The Morgan fingerprint density at radius 1 is 1.21 bits per heavy atom. The lowest BCUT2D eigenvalue weighted by atomic mass is 10.2. The van der Waals surface area contributed by atoms with E-state index in [-0.39, 0.29) is 0 Å². The molecule has 0 radical (unpaired) electrons. The van der Waals surface area contributed by atoms with Crippen LogP contribution in [0.25, 0.3) is 11.2 Å². The van der Waals surface area contributed by atoms with Crippen molar-refractivity contribution < 1.29 is 0 Å². The van der Waals surface area contributed by atoms with Crippen molar-refractivity contribution in [2.45, 2.75) is 13.5 Å². The molecule has 124 valence electrons. The number of aromatic nitrogens is 3. The molecule has 0 spiro atoms. The van der Waals surface area contributed by atoms with Crippen molar-refractivity contribution in [3.8, 4) is 0 Å². The van der Waals surface area contributed by atoms with Crippen molar-refractivity contribution >= 4 is 28.5 Å². The van der Waals surface area contributed by atoms with Gasteiger partial charge in [-0.05, 0) is 30.7 Å². The zero-order valence-electron chi connectivity index (χ0n) is 13.7. The molecule has 1 saturated heterocycles. The predicted molar refractivity (Wildman–Crippen MR) is 97.9 cm³/mol. The first-order valence-corrected chi connectivity index (χ1v) is 8.62. The maximum atomic E-state index is 6.12. The van der Waals surface area contributed by atoms with Crippen LogP contribution in [0, 0.1) is 6.92 Å². The predicted octanol–water partition coefficient (Wildman–Crippen LogP) is 2.85. The monoisotopic (exact) mass is 341 g/mol. The van der Waals surface area contributed by atoms with E-state index < -0.39 is 0 Å². The lowest BCUT2D eigenvalue weighted by Gasteiger charge is -2.29. The van der Waals surface area contributed by atoms with Gasteiger partial charge in [-0.25, -0.2) is 9.97 Å². The van der Waals surface area contributed by atoms with E-state index in [1.165, 1.54) is 5.69 Å². The summed E-state index contributed by atoms with van der Waals surface area (Å²) in [5.74, 6) is 0.972. The average molecular weight is 342 g/mol. The number of hydrogen-bond acceptors (Lipinski definition) is 4. The third kappa shape index (κ3) is 2.85. The number of anilines is 1. The van der Waals surface area contributed by atoms with Crippen LogP contribution in [-0.4, -0.2) is 40.7 Å². The highest BCUT2D eigenvalue weighted by Gasteiger charge is 2.18. The first-order chi connectivity index (χ1) is 11.7. The largest absolute Gasteiger partial charge is 0.367 e. The fraction of sp³-hybridized carbons (Fsp3) is 0.333. The van der Waals surface area contributed by atoms with Crippen molar-refractivity contribution in [3.63, 3.8) is 0 Å². The molecule has 0 bridgehead atoms. The van der Waals surface area contributed by atoms with Gasteiger partial charge in [-0.2, -0.15) is 0 Å². The summed E-state index contributed by atoms with van der Waals surface area (Å²) in [7, 11) is 0. The standard InChI is InChI=1S/C18H20ClN5/c1-13-22-17-16(23-9-7-20-8-10-23)5-6-21-18(17)24(13)12-14-3-2-4-15(19)11-14/h2-6,11,20H,7-10,12H2,1H3. The Labute approximate surface area is 146 Å². The van der Waals surface area contributed by atoms with Gasteiger partial charge in [0.15, 0.2) is 5.65 Å². The third-order valence-electron chi connectivity index (χ3n) is 4.49. The zero-order chi connectivity index (χ0) is 16.5. The van der Waals surface area contributed by atoms with Crippen LogP contribution >= 0.6 is 11.6 Å². The molecule has 3 heterocycles. The number of nitrogens with zero attached hydrogens (tertiary/aromatic N) is 4. The van der Waals surface area contributed by atoms with E-state index in [0.717, 1.165) is 60.3 Å². The number of hydrogen-bond donors (Lipinski definition) is 1. The summed E-state index contributed by atoms with van der Waals surface area (Å²) in [5.41, 5.74) is 4.25. The maximum Gasteiger partial charge on any atom is 0.162 e. The van der Waals surface area contributed by atoms with Gasteiger partial charge < -0.3 is 14.8 Å². The summed E-state index contributed by atoms with van der Waals surface area (Å²) in [6.45, 7) is 6.77. The van der Waals surface area contributed by atoms with Crippen LogP contribution in [-0.2, 0) is 6.54 Å². The molecule has 2 aromatic heterocycles. The first kappa shape index (κ1) is 15.4. The Morgan fingerprint density at radius 3 is 2.83 bits per heavy atom. The van der Waals surface area contributed by atoms with E-state index in [2.05, 4.69) is 31.9 Å². The topological polar surface area (TPSA) is 46.0 Å². The summed E-state index contributed by atoms with van der Waals surface area (Å²) < 4.78 is 2.16. The normalized spacial score (nSPS) is 15.2. The second-order valence-corrected chi connectivity index (χ2v) is 6.55. The van der Waals surface area contributed by atoms with Crippen LogP contribution in [0.5, 0.6) is 0 Å². The molecule has 1 aliphatic heterocycles. The van der Waals surface area contributed by atoms with E-state index in [9.17, 15) is 0 Å². The molecule has 0 amide bonds. The molecule has 1 N–H and O–H groups in total. The van der Waals surface area contributed by atoms with E-state index in [1.54, 1.807) is 0 Å². The van der Waals surface area contributed by atoms with Gasteiger partial charge in [0.05, 0.1) is 12.2 Å². The van der Waals surface area contributed by atoms with Gasteiger partial charge in [-0.3, -0.25) is 0 Å². The summed E-state index contributed by atoms with van der Waals surface area (Å²) in [6.07, 6.45) is 1.88. The maximum absolute atomic E-state index is 6.12. The number of fused-ring (bicyclic) bond motifs is 1. The molecular weight excluding hydrogens is 322 g/mol. The molecule has 0 atom stereocenters. The molecule has 6 heteroatoms. The van der Waals surface area contributed by atoms with Gasteiger partial charge in [0.25, 0.3) is 0 Å². The van der Waals surface area contributed by atoms with Crippen LogP contribution in [0.2, 0.25) is 5.02 Å². The minimum Gasteiger partial charge on any atom is -0.367 e. The van der Waals surface area contributed by atoms with Crippen molar-refractivity contribution in [1.29, 1.82) is 0 Å². The van der Waals surface area contributed by atoms with Crippen LogP contribution in [0.1, 0.15) is 11.4 Å². The van der Waals surface area contributed by atoms with Crippen LogP contribution in [0.3, 0.4) is 0 Å². The van der Waals surface area contributed by atoms with E-state index >= 15 is 0 Å². The van der Waals surface area contributed by atoms with Crippen molar-refractivity contribution in [1.82, 2.24) is 19.9 Å². The number of halogens is 1. The second kappa shape index (κ2) is 6.42. The number of aryl methyl sites for hydroxylation is 1. The lowest BCUT2D eigenvalue weighted by Crippen LogP contribution is -2.43. The molecule has 1 fully saturated rings. The molecule has 5 nitrogen and oxygen atoms in total. The zero-order valence-corrected chi connectivity index (χ0v) is 14.4. The summed E-state index contributed by atoms with van der Waals surface area (Å²) in [6, 6.07) is 10.0. The van der Waals surface area contributed by atoms with Gasteiger partial charge in [0.2, 0.25) is 0 Å². The second-order valence-electron chi connectivity index (χ2n) is 6.11. The summed E-state index contributed by atoms with van der Waals surface area (Å²) in [4.78, 5) is 11.8. The number of piperazine rings is 1. The van der Waals surface area contributed by atoms with Gasteiger partial charge in [0, 0.05) is 37.4 Å². The molecule has 0 aliphatic carbocycles.